The molecule has 1 N–H and O–H groups in total. The molecular weight excluding hydrogens is 431 g/mol. The van der Waals surface area contributed by atoms with Crippen molar-refractivity contribution in [2.75, 3.05) is 5.75 Å². The van der Waals surface area contributed by atoms with Crippen LogP contribution in [0.4, 0.5) is 13.2 Å². The summed E-state index contributed by atoms with van der Waals surface area (Å²) in [6.07, 6.45) is 0. The first-order valence-corrected chi connectivity index (χ1v) is 10.9. The number of alkyl halides is 2. The second kappa shape index (κ2) is 8.93. The van der Waals surface area contributed by atoms with E-state index in [2.05, 4.69) is 10.3 Å². The maximum Gasteiger partial charge on any atom is 0.321 e. The Kier molecular flexibility index (Phi) is 6.10. The van der Waals surface area contributed by atoms with Crippen LogP contribution in [0.15, 0.2) is 71.2 Å². The molecule has 4 aromatic rings. The highest BCUT2D eigenvalue weighted by Crippen LogP contribution is 2.30. The van der Waals surface area contributed by atoms with Gasteiger partial charge in [-0.05, 0) is 41.3 Å². The van der Waals surface area contributed by atoms with E-state index >= 15 is 0 Å². The molecule has 0 spiro atoms. The van der Waals surface area contributed by atoms with Gasteiger partial charge in [0.15, 0.2) is 5.16 Å². The second-order valence-corrected chi connectivity index (χ2v) is 8.31. The number of thioether (sulfide) groups is 1. The molecule has 4 nitrogen and oxygen atoms in total. The van der Waals surface area contributed by atoms with E-state index in [0.29, 0.717) is 11.0 Å². The predicted molar refractivity (Wildman–Crippen MR) is 112 cm³/mol. The Balaban J connectivity index is 1.51. The molecule has 1 amide bonds. The molecule has 4 rings (SSSR count). The van der Waals surface area contributed by atoms with E-state index in [0.717, 1.165) is 26.8 Å². The van der Waals surface area contributed by atoms with Gasteiger partial charge in [-0.15, -0.1) is 11.3 Å². The van der Waals surface area contributed by atoms with Crippen LogP contribution in [0.25, 0.3) is 11.0 Å². The molecule has 30 heavy (non-hydrogen) atoms. The molecular formula is C21H16F3N3OS2. The standard InChI is InChI=1S/C21H16F3N3OS2/c22-14-9-7-13(8-10-14)19(17-6-3-11-29-17)26-18(28)12-30-21-25-15-4-1-2-5-16(15)27(21)20(23)24/h1-11,19-20H,12H2,(H,26,28). The van der Waals surface area contributed by atoms with E-state index in [1.807, 2.05) is 17.5 Å². The van der Waals surface area contributed by atoms with Crippen molar-refractivity contribution in [3.8, 4) is 0 Å². The number of amides is 1. The third-order valence-corrected chi connectivity index (χ3v) is 6.32. The van der Waals surface area contributed by atoms with Crippen LogP contribution in [0.3, 0.4) is 0 Å². The number of fused-ring (bicyclic) bond motifs is 1. The minimum Gasteiger partial charge on any atom is -0.344 e. The summed E-state index contributed by atoms with van der Waals surface area (Å²) in [5, 5.41) is 4.88. The van der Waals surface area contributed by atoms with E-state index in [1.165, 1.54) is 23.5 Å². The van der Waals surface area contributed by atoms with E-state index in [1.54, 1.807) is 36.4 Å². The average Bonchev–Trinajstić information content (AvgIpc) is 3.39. The van der Waals surface area contributed by atoms with Crippen LogP contribution in [0.5, 0.6) is 0 Å². The summed E-state index contributed by atoms with van der Waals surface area (Å²) >= 11 is 2.41. The zero-order chi connectivity index (χ0) is 21.1. The first-order chi connectivity index (χ1) is 14.5. The van der Waals surface area contributed by atoms with Gasteiger partial charge < -0.3 is 5.32 Å². The van der Waals surface area contributed by atoms with Crippen LogP contribution < -0.4 is 5.32 Å². The molecule has 0 aliphatic carbocycles. The van der Waals surface area contributed by atoms with Crippen LogP contribution in [0.1, 0.15) is 23.0 Å². The highest BCUT2D eigenvalue weighted by molar-refractivity contribution is 7.99. The lowest BCUT2D eigenvalue weighted by Gasteiger charge is -2.18. The van der Waals surface area contributed by atoms with Crippen molar-refractivity contribution in [1.82, 2.24) is 14.9 Å². The van der Waals surface area contributed by atoms with Crippen LogP contribution in [0.2, 0.25) is 0 Å². The molecule has 0 radical (unpaired) electrons. The van der Waals surface area contributed by atoms with E-state index < -0.39 is 12.6 Å². The quantitative estimate of drug-likeness (QED) is 0.374. The molecule has 0 fully saturated rings. The number of thiophene rings is 1. The first-order valence-electron chi connectivity index (χ1n) is 8.99. The van der Waals surface area contributed by atoms with Crippen LogP contribution in [-0.2, 0) is 4.79 Å². The zero-order valence-corrected chi connectivity index (χ0v) is 17.1. The maximum absolute atomic E-state index is 13.5. The topological polar surface area (TPSA) is 46.9 Å². The number of halogens is 3. The molecule has 0 bridgehead atoms. The summed E-state index contributed by atoms with van der Waals surface area (Å²) in [6.45, 7) is -2.76. The van der Waals surface area contributed by atoms with Crippen molar-refractivity contribution in [1.29, 1.82) is 0 Å². The lowest BCUT2D eigenvalue weighted by Crippen LogP contribution is -2.30. The van der Waals surface area contributed by atoms with Gasteiger partial charge >= 0.3 is 6.55 Å². The SMILES string of the molecule is O=C(CSc1nc2ccccc2n1C(F)F)NC(c1ccc(F)cc1)c1cccs1. The summed E-state index contributed by atoms with van der Waals surface area (Å²) in [7, 11) is 0. The lowest BCUT2D eigenvalue weighted by molar-refractivity contribution is -0.119. The number of imidazole rings is 1. The number of carbonyl (C=O) groups excluding carboxylic acids is 1. The monoisotopic (exact) mass is 447 g/mol. The number of rotatable bonds is 7. The van der Waals surface area contributed by atoms with Crippen molar-refractivity contribution in [3.05, 3.63) is 82.3 Å². The summed E-state index contributed by atoms with van der Waals surface area (Å²) < 4.78 is 41.2. The number of para-hydroxylation sites is 2. The molecule has 0 saturated heterocycles. The van der Waals surface area contributed by atoms with Gasteiger partial charge in [0.2, 0.25) is 5.91 Å². The van der Waals surface area contributed by atoms with Crippen LogP contribution in [-0.4, -0.2) is 21.2 Å². The van der Waals surface area contributed by atoms with Gasteiger partial charge in [0.25, 0.3) is 0 Å². The Bertz CT molecular complexity index is 1140. The van der Waals surface area contributed by atoms with Crippen LogP contribution in [0, 0.1) is 5.82 Å². The van der Waals surface area contributed by atoms with Crippen molar-refractivity contribution in [2.24, 2.45) is 0 Å². The molecule has 0 aliphatic heterocycles. The molecule has 0 aliphatic rings. The third kappa shape index (κ3) is 4.36. The fraction of sp³-hybridized carbons (Fsp3) is 0.143. The van der Waals surface area contributed by atoms with Gasteiger partial charge in [-0.3, -0.25) is 9.36 Å². The molecule has 2 aromatic heterocycles. The van der Waals surface area contributed by atoms with Gasteiger partial charge in [0.05, 0.1) is 22.8 Å². The number of nitrogens with zero attached hydrogens (tertiary/aromatic N) is 2. The van der Waals surface area contributed by atoms with E-state index in [4.69, 9.17) is 0 Å². The molecule has 2 aromatic carbocycles. The Morgan fingerprint density at radius 2 is 1.87 bits per heavy atom. The largest absolute Gasteiger partial charge is 0.344 e. The minimum absolute atomic E-state index is 0.0794. The molecule has 0 saturated carbocycles. The number of hydrogen-bond acceptors (Lipinski definition) is 4. The molecule has 1 unspecified atom stereocenters. The van der Waals surface area contributed by atoms with Crippen molar-refractivity contribution in [2.45, 2.75) is 17.7 Å². The van der Waals surface area contributed by atoms with E-state index in [9.17, 15) is 18.0 Å². The number of benzene rings is 2. The van der Waals surface area contributed by atoms with Crippen LogP contribution >= 0.6 is 23.1 Å². The fourth-order valence-corrected chi connectivity index (χ4v) is 4.70. The summed E-state index contributed by atoms with van der Waals surface area (Å²) in [5.41, 5.74) is 1.50. The van der Waals surface area contributed by atoms with Gasteiger partial charge in [0, 0.05) is 4.88 Å². The molecule has 9 heteroatoms. The normalized spacial score (nSPS) is 12.4. The van der Waals surface area contributed by atoms with Crippen molar-refractivity contribution in [3.63, 3.8) is 0 Å². The predicted octanol–water partition coefficient (Wildman–Crippen LogP) is 5.63. The molecule has 1 atom stereocenters. The smallest absolute Gasteiger partial charge is 0.321 e. The number of hydrogen-bond donors (Lipinski definition) is 1. The number of nitrogens with one attached hydrogen (secondary N) is 1. The summed E-state index contributed by atoms with van der Waals surface area (Å²) in [6, 6.07) is 15.8. The maximum atomic E-state index is 13.5. The van der Waals surface area contributed by atoms with E-state index in [-0.39, 0.29) is 22.6 Å². The Morgan fingerprint density at radius 1 is 1.10 bits per heavy atom. The molecule has 2 heterocycles. The number of aromatic nitrogens is 2. The zero-order valence-electron chi connectivity index (χ0n) is 15.5. The highest BCUT2D eigenvalue weighted by Gasteiger charge is 2.21. The first kappa shape index (κ1) is 20.5. The summed E-state index contributed by atoms with van der Waals surface area (Å²) in [4.78, 5) is 17.8. The second-order valence-electron chi connectivity index (χ2n) is 6.39. The highest BCUT2D eigenvalue weighted by atomic mass is 32.2. The molecule has 154 valence electrons. The average molecular weight is 448 g/mol. The van der Waals surface area contributed by atoms with Gasteiger partial charge in [0.1, 0.15) is 5.82 Å². The number of carbonyl (C=O) groups is 1. The third-order valence-electron chi connectivity index (χ3n) is 4.43. The Morgan fingerprint density at radius 3 is 2.57 bits per heavy atom. The van der Waals surface area contributed by atoms with Crippen molar-refractivity contribution < 1.29 is 18.0 Å². The van der Waals surface area contributed by atoms with Gasteiger partial charge in [-0.1, -0.05) is 42.1 Å². The lowest BCUT2D eigenvalue weighted by atomic mass is 10.1. The fourth-order valence-electron chi connectivity index (χ4n) is 3.08. The van der Waals surface area contributed by atoms with Gasteiger partial charge in [-0.2, -0.15) is 8.78 Å². The van der Waals surface area contributed by atoms with Gasteiger partial charge in [-0.25, -0.2) is 9.37 Å². The Hall–Kier alpha value is -2.78. The minimum atomic E-state index is -2.76. The Labute approximate surface area is 178 Å². The summed E-state index contributed by atoms with van der Waals surface area (Å²) in [5.74, 6) is -0.786. The van der Waals surface area contributed by atoms with Crippen molar-refractivity contribution >= 4 is 40.0 Å².